The van der Waals surface area contributed by atoms with E-state index in [-0.39, 0.29) is 29.2 Å². The van der Waals surface area contributed by atoms with Gasteiger partial charge in [-0.25, -0.2) is 9.59 Å². The smallest absolute Gasteiger partial charge is 0.375 e. The molecular formula is C12H12N6O5S4. The van der Waals surface area contributed by atoms with Crippen LogP contribution >= 0.6 is 46.6 Å². The van der Waals surface area contributed by atoms with E-state index in [4.69, 9.17) is 20.9 Å². The number of ether oxygens (including phenoxy) is 2. The van der Waals surface area contributed by atoms with E-state index >= 15 is 0 Å². The predicted octanol–water partition coefficient (Wildman–Crippen LogP) is 1.07. The molecule has 144 valence electrons. The van der Waals surface area contributed by atoms with Gasteiger partial charge in [0.1, 0.15) is 0 Å². The van der Waals surface area contributed by atoms with Crippen LogP contribution in [0.4, 0.5) is 11.9 Å². The maximum absolute atomic E-state index is 12.7. The Hall–Kier alpha value is -2.10. The molecule has 0 aliphatic carbocycles. The Morgan fingerprint density at radius 3 is 2.44 bits per heavy atom. The van der Waals surface area contributed by atoms with Crippen LogP contribution in [0.5, 0.6) is 0 Å². The molecule has 5 N–H and O–H groups in total. The number of esters is 2. The van der Waals surface area contributed by atoms with E-state index in [0.717, 1.165) is 46.6 Å². The summed E-state index contributed by atoms with van der Waals surface area (Å²) in [5, 5.41) is 10.2. The molecule has 0 saturated heterocycles. The Balaban J connectivity index is 1.95. The number of hydrogen-bond acceptors (Lipinski definition) is 15. The minimum absolute atomic E-state index is 0.0354. The van der Waals surface area contributed by atoms with Crippen LogP contribution in [-0.4, -0.2) is 53.7 Å². The van der Waals surface area contributed by atoms with Crippen molar-refractivity contribution in [1.29, 1.82) is 0 Å². The second-order valence-electron chi connectivity index (χ2n) is 4.84. The Labute approximate surface area is 168 Å². The maximum atomic E-state index is 12.7. The molecule has 1 aliphatic heterocycles. The normalized spacial score (nSPS) is 19.4. The molecule has 0 amide bonds. The summed E-state index contributed by atoms with van der Waals surface area (Å²) in [5.74, 6) is -2.54. The summed E-state index contributed by atoms with van der Waals surface area (Å²) in [6.07, 6.45) is 0. The van der Waals surface area contributed by atoms with E-state index in [1.54, 1.807) is 6.92 Å². The van der Waals surface area contributed by atoms with Crippen molar-refractivity contribution in [2.24, 2.45) is 0 Å². The highest BCUT2D eigenvalue weighted by Gasteiger charge is 2.56. The first-order valence-corrected chi connectivity index (χ1v) is 10.5. The predicted molar refractivity (Wildman–Crippen MR) is 100 cm³/mol. The van der Waals surface area contributed by atoms with E-state index < -0.39 is 23.3 Å². The van der Waals surface area contributed by atoms with Crippen molar-refractivity contribution >= 4 is 70.4 Å². The molecule has 3 heterocycles. The number of carbonyl (C=O) groups excluding carboxylic acids is 2. The summed E-state index contributed by atoms with van der Waals surface area (Å²) >= 11 is 3.93. The Morgan fingerprint density at radius 1 is 1.26 bits per heavy atom. The molecule has 0 saturated carbocycles. The largest absolute Gasteiger partial charge is 0.501 e. The monoisotopic (exact) mass is 448 g/mol. The molecule has 0 aromatic carbocycles. The molecule has 0 bridgehead atoms. The van der Waals surface area contributed by atoms with Gasteiger partial charge in [-0.15, -0.1) is 0 Å². The molecule has 27 heavy (non-hydrogen) atoms. The van der Waals surface area contributed by atoms with Crippen molar-refractivity contribution in [3.63, 3.8) is 0 Å². The minimum atomic E-state index is -1.87. The van der Waals surface area contributed by atoms with Crippen LogP contribution in [-0.2, 0) is 19.1 Å². The molecule has 1 atom stereocenters. The lowest BCUT2D eigenvalue weighted by atomic mass is 10.1. The first kappa shape index (κ1) is 19.7. The van der Waals surface area contributed by atoms with Gasteiger partial charge in [-0.1, -0.05) is 23.5 Å². The second-order valence-corrected chi connectivity index (χ2v) is 8.83. The number of thioether (sulfide) groups is 2. The van der Waals surface area contributed by atoms with Crippen molar-refractivity contribution in [3.05, 3.63) is 10.7 Å². The van der Waals surface area contributed by atoms with E-state index in [0.29, 0.717) is 8.68 Å². The highest BCUT2D eigenvalue weighted by molar-refractivity contribution is 8.05. The zero-order chi connectivity index (χ0) is 19.6. The lowest BCUT2D eigenvalue weighted by Crippen LogP contribution is -2.44. The van der Waals surface area contributed by atoms with Gasteiger partial charge in [-0.2, -0.15) is 18.7 Å². The fourth-order valence-corrected chi connectivity index (χ4v) is 5.45. The highest BCUT2D eigenvalue weighted by atomic mass is 32.2. The fraction of sp³-hybridized carbons (Fsp3) is 0.333. The summed E-state index contributed by atoms with van der Waals surface area (Å²) in [6, 6.07) is 0. The first-order chi connectivity index (χ1) is 12.9. The van der Waals surface area contributed by atoms with E-state index in [1.807, 2.05) is 0 Å². The Kier molecular flexibility index (Phi) is 5.73. The number of rotatable bonds is 7. The van der Waals surface area contributed by atoms with E-state index in [1.165, 1.54) is 0 Å². The average Bonchev–Trinajstić information content (AvgIpc) is 3.29. The van der Waals surface area contributed by atoms with Crippen LogP contribution in [0, 0.1) is 0 Å². The zero-order valence-electron chi connectivity index (χ0n) is 13.6. The zero-order valence-corrected chi connectivity index (χ0v) is 16.8. The average molecular weight is 449 g/mol. The number of cyclic esters (lactones) is 1. The lowest BCUT2D eigenvalue weighted by molar-refractivity contribution is -0.169. The number of carbonyl (C=O) groups is 2. The maximum Gasteiger partial charge on any atom is 0.375 e. The molecule has 1 unspecified atom stereocenters. The van der Waals surface area contributed by atoms with Gasteiger partial charge in [0.2, 0.25) is 17.7 Å². The number of aliphatic hydroxyl groups is 1. The topological polar surface area (TPSA) is 176 Å². The van der Waals surface area contributed by atoms with Crippen molar-refractivity contribution in [2.75, 3.05) is 23.8 Å². The fourth-order valence-electron chi connectivity index (χ4n) is 1.99. The molecule has 0 radical (unpaired) electrons. The van der Waals surface area contributed by atoms with E-state index in [9.17, 15) is 14.7 Å². The van der Waals surface area contributed by atoms with Gasteiger partial charge in [0.05, 0.1) is 17.3 Å². The lowest BCUT2D eigenvalue weighted by Gasteiger charge is -2.26. The molecular weight excluding hydrogens is 436 g/mol. The summed E-state index contributed by atoms with van der Waals surface area (Å²) in [7, 11) is 0. The Morgan fingerprint density at radius 2 is 1.89 bits per heavy atom. The van der Waals surface area contributed by atoms with Crippen LogP contribution in [0.1, 0.15) is 6.92 Å². The van der Waals surface area contributed by atoms with Gasteiger partial charge in [0.25, 0.3) is 5.60 Å². The molecule has 15 heteroatoms. The quantitative estimate of drug-likeness (QED) is 0.405. The van der Waals surface area contributed by atoms with Crippen molar-refractivity contribution < 1.29 is 24.2 Å². The SMILES string of the molecule is CCOC(=O)C1(CSc2nc(N)ns2)OC(=O)C(O)=C1Sc1nc(N)ns1. The first-order valence-electron chi connectivity index (χ1n) is 7.19. The van der Waals surface area contributed by atoms with Gasteiger partial charge >= 0.3 is 11.9 Å². The Bertz CT molecular complexity index is 914. The molecule has 1 aliphatic rings. The number of anilines is 2. The van der Waals surface area contributed by atoms with Crippen LogP contribution in [0.2, 0.25) is 0 Å². The van der Waals surface area contributed by atoms with Gasteiger partial charge in [0.15, 0.2) is 8.68 Å². The summed E-state index contributed by atoms with van der Waals surface area (Å²) in [5.41, 5.74) is 9.13. The standard InChI is InChI=1S/C12H12N6O5S4/c1-2-22-7(21)12(3-24-10-15-8(13)17-26-10)5(4(19)6(20)23-12)25-11-16-9(14)18-27-11/h19H,2-3H2,1H3,(H2,13,17)(H2,14,18). The summed E-state index contributed by atoms with van der Waals surface area (Å²) in [6.45, 7) is 1.67. The number of nitrogen functional groups attached to an aromatic ring is 2. The summed E-state index contributed by atoms with van der Waals surface area (Å²) in [4.78, 5) is 32.7. The van der Waals surface area contributed by atoms with Gasteiger partial charge in [0, 0.05) is 0 Å². The van der Waals surface area contributed by atoms with Crippen LogP contribution in [0.25, 0.3) is 0 Å². The van der Waals surface area contributed by atoms with Gasteiger partial charge in [-0.3, -0.25) is 0 Å². The molecule has 11 nitrogen and oxygen atoms in total. The molecule has 3 rings (SSSR count). The van der Waals surface area contributed by atoms with Crippen molar-refractivity contribution in [1.82, 2.24) is 18.7 Å². The van der Waals surface area contributed by atoms with Gasteiger partial charge < -0.3 is 26.0 Å². The molecule has 0 spiro atoms. The third kappa shape index (κ3) is 3.95. The molecule has 0 fully saturated rings. The van der Waals surface area contributed by atoms with Crippen LogP contribution in [0.3, 0.4) is 0 Å². The third-order valence-electron chi connectivity index (χ3n) is 3.08. The number of nitrogens with zero attached hydrogens (tertiary/aromatic N) is 4. The van der Waals surface area contributed by atoms with Crippen LogP contribution < -0.4 is 11.5 Å². The number of nitrogens with two attached hydrogens (primary N) is 2. The highest BCUT2D eigenvalue weighted by Crippen LogP contribution is 2.46. The van der Waals surface area contributed by atoms with Crippen LogP contribution in [0.15, 0.2) is 19.3 Å². The number of aliphatic hydroxyl groups excluding tert-OH is 1. The molecule has 2 aromatic rings. The minimum Gasteiger partial charge on any atom is -0.501 e. The van der Waals surface area contributed by atoms with Gasteiger partial charge in [-0.05, 0) is 30.0 Å². The second kappa shape index (κ2) is 7.87. The van der Waals surface area contributed by atoms with E-state index in [2.05, 4.69) is 18.7 Å². The third-order valence-corrected chi connectivity index (χ3v) is 7.07. The van der Waals surface area contributed by atoms with Crippen molar-refractivity contribution in [2.45, 2.75) is 21.2 Å². The van der Waals surface area contributed by atoms with Crippen molar-refractivity contribution in [3.8, 4) is 0 Å². The molecule has 2 aromatic heterocycles. The number of hydrogen-bond donors (Lipinski definition) is 3. The summed E-state index contributed by atoms with van der Waals surface area (Å²) < 4.78 is 18.8. The number of aromatic nitrogens is 4.